The molecule has 0 aromatic heterocycles. The van der Waals surface area contributed by atoms with E-state index in [0.717, 1.165) is 12.8 Å². The number of ether oxygens (including phenoxy) is 1. The second kappa shape index (κ2) is 5.61. The number of hydrogen-bond donors (Lipinski definition) is 2. The van der Waals surface area contributed by atoms with Crippen molar-refractivity contribution in [3.63, 3.8) is 0 Å². The van der Waals surface area contributed by atoms with E-state index in [4.69, 9.17) is 4.74 Å². The lowest BCUT2D eigenvalue weighted by Gasteiger charge is -2.21. The maximum absolute atomic E-state index is 11.3. The van der Waals surface area contributed by atoms with Crippen molar-refractivity contribution >= 4 is 19.6 Å². The fraction of sp³-hybridized carbons (Fsp3) is 0.900. The van der Waals surface area contributed by atoms with Crippen LogP contribution in [-0.2, 0) is 4.74 Å². The zero-order valence-electron chi connectivity index (χ0n) is 9.54. The van der Waals surface area contributed by atoms with Gasteiger partial charge in [0, 0.05) is 6.04 Å². The Balaban J connectivity index is 0.00000196. The first-order chi connectivity index (χ1) is 6.37. The van der Waals surface area contributed by atoms with Crippen LogP contribution >= 0.6 is 13.5 Å². The molecule has 1 amide bonds. The van der Waals surface area contributed by atoms with E-state index in [1.807, 2.05) is 20.8 Å². The summed E-state index contributed by atoms with van der Waals surface area (Å²) in [5.74, 6) is 0. The highest BCUT2D eigenvalue weighted by atomic mass is 32.1. The molecule has 1 aliphatic carbocycles. The van der Waals surface area contributed by atoms with E-state index in [2.05, 4.69) is 5.32 Å². The summed E-state index contributed by atoms with van der Waals surface area (Å²) in [6.45, 7) is 5.49. The minimum atomic E-state index is -0.457. The standard InChI is InChI=1S/C10H19NO3.H2S/c1-10(2,3)14-9(13)11-7-4-5-8(12)6-7;/h7-8,12H,4-6H2,1-3H3,(H,11,13);1H2/t7-,8+;/m1./s1. The fourth-order valence-electron chi connectivity index (χ4n) is 1.56. The number of aliphatic hydroxyl groups is 1. The van der Waals surface area contributed by atoms with Crippen LogP contribution in [0.5, 0.6) is 0 Å². The highest BCUT2D eigenvalue weighted by Gasteiger charge is 2.26. The lowest BCUT2D eigenvalue weighted by atomic mass is 10.2. The summed E-state index contributed by atoms with van der Waals surface area (Å²) in [4.78, 5) is 11.3. The van der Waals surface area contributed by atoms with Crippen molar-refractivity contribution in [1.82, 2.24) is 5.32 Å². The van der Waals surface area contributed by atoms with Gasteiger partial charge in [0.2, 0.25) is 0 Å². The topological polar surface area (TPSA) is 58.6 Å². The Morgan fingerprint density at radius 1 is 1.40 bits per heavy atom. The number of amides is 1. The van der Waals surface area contributed by atoms with Crippen LogP contribution in [0.2, 0.25) is 0 Å². The lowest BCUT2D eigenvalue weighted by molar-refractivity contribution is 0.0502. The van der Waals surface area contributed by atoms with Crippen LogP contribution in [0.15, 0.2) is 0 Å². The van der Waals surface area contributed by atoms with Crippen molar-refractivity contribution in [3.05, 3.63) is 0 Å². The van der Waals surface area contributed by atoms with Crippen LogP contribution in [0.25, 0.3) is 0 Å². The molecule has 15 heavy (non-hydrogen) atoms. The summed E-state index contributed by atoms with van der Waals surface area (Å²) in [6, 6.07) is 0.0693. The summed E-state index contributed by atoms with van der Waals surface area (Å²) in [5.41, 5.74) is -0.457. The molecule has 0 aromatic carbocycles. The number of aliphatic hydroxyl groups excluding tert-OH is 1. The predicted molar refractivity (Wildman–Crippen MR) is 63.4 cm³/mol. The molecule has 0 aromatic rings. The summed E-state index contributed by atoms with van der Waals surface area (Å²) < 4.78 is 5.10. The van der Waals surface area contributed by atoms with Crippen LogP contribution in [0.1, 0.15) is 40.0 Å². The van der Waals surface area contributed by atoms with Gasteiger partial charge in [0.1, 0.15) is 5.60 Å². The molecule has 1 rings (SSSR count). The van der Waals surface area contributed by atoms with Crippen molar-refractivity contribution in [2.75, 3.05) is 0 Å². The van der Waals surface area contributed by atoms with Gasteiger partial charge in [0.05, 0.1) is 6.10 Å². The van der Waals surface area contributed by atoms with E-state index in [-0.39, 0.29) is 25.6 Å². The van der Waals surface area contributed by atoms with Crippen LogP contribution in [-0.4, -0.2) is 28.9 Å². The van der Waals surface area contributed by atoms with E-state index >= 15 is 0 Å². The lowest BCUT2D eigenvalue weighted by Crippen LogP contribution is -2.38. The van der Waals surface area contributed by atoms with Gasteiger partial charge in [-0.3, -0.25) is 0 Å². The van der Waals surface area contributed by atoms with Gasteiger partial charge >= 0.3 is 6.09 Å². The van der Waals surface area contributed by atoms with Gasteiger partial charge in [-0.15, -0.1) is 0 Å². The molecule has 90 valence electrons. The predicted octanol–water partition coefficient (Wildman–Crippen LogP) is 1.54. The Morgan fingerprint density at radius 3 is 2.40 bits per heavy atom. The first-order valence-electron chi connectivity index (χ1n) is 5.04. The van der Waals surface area contributed by atoms with Gasteiger partial charge in [-0.2, -0.15) is 13.5 Å². The molecule has 1 aliphatic rings. The normalized spacial score (nSPS) is 25.6. The van der Waals surface area contributed by atoms with E-state index in [1.165, 1.54) is 0 Å². The number of nitrogens with one attached hydrogen (secondary N) is 1. The highest BCUT2D eigenvalue weighted by molar-refractivity contribution is 7.59. The maximum Gasteiger partial charge on any atom is 0.407 e. The summed E-state index contributed by atoms with van der Waals surface area (Å²) >= 11 is 0. The van der Waals surface area contributed by atoms with Crippen molar-refractivity contribution in [1.29, 1.82) is 0 Å². The molecule has 0 aliphatic heterocycles. The summed E-state index contributed by atoms with van der Waals surface area (Å²) in [5, 5.41) is 12.0. The minimum absolute atomic E-state index is 0. The number of carbonyl (C=O) groups is 1. The third kappa shape index (κ3) is 5.89. The molecule has 0 spiro atoms. The zero-order chi connectivity index (χ0) is 10.8. The molecule has 5 heteroatoms. The maximum atomic E-state index is 11.3. The van der Waals surface area contributed by atoms with Gasteiger partial charge in [-0.1, -0.05) is 0 Å². The Hall–Kier alpha value is -0.420. The smallest absolute Gasteiger partial charge is 0.407 e. The van der Waals surface area contributed by atoms with Gasteiger partial charge in [-0.25, -0.2) is 4.79 Å². The monoisotopic (exact) mass is 235 g/mol. The van der Waals surface area contributed by atoms with Crippen molar-refractivity contribution in [2.45, 2.75) is 57.8 Å². The number of carbonyl (C=O) groups excluding carboxylic acids is 1. The molecule has 2 N–H and O–H groups in total. The van der Waals surface area contributed by atoms with Gasteiger partial charge < -0.3 is 15.2 Å². The molecule has 1 saturated carbocycles. The number of alkyl carbamates (subject to hydrolysis) is 1. The number of rotatable bonds is 1. The van der Waals surface area contributed by atoms with Crippen molar-refractivity contribution < 1.29 is 14.6 Å². The van der Waals surface area contributed by atoms with Crippen molar-refractivity contribution in [2.24, 2.45) is 0 Å². The van der Waals surface area contributed by atoms with Crippen LogP contribution < -0.4 is 5.32 Å². The quantitative estimate of drug-likeness (QED) is 0.725. The highest BCUT2D eigenvalue weighted by Crippen LogP contribution is 2.19. The molecule has 0 radical (unpaired) electrons. The third-order valence-electron chi connectivity index (χ3n) is 2.13. The van der Waals surface area contributed by atoms with E-state index in [1.54, 1.807) is 0 Å². The summed E-state index contributed by atoms with van der Waals surface area (Å²) in [6.07, 6.45) is 1.58. The number of hydrogen-bond acceptors (Lipinski definition) is 3. The molecule has 0 unspecified atom stereocenters. The van der Waals surface area contributed by atoms with Crippen LogP contribution in [0.3, 0.4) is 0 Å². The van der Waals surface area contributed by atoms with Gasteiger partial charge in [0.15, 0.2) is 0 Å². The molecule has 4 nitrogen and oxygen atoms in total. The largest absolute Gasteiger partial charge is 0.444 e. The first kappa shape index (κ1) is 14.6. The molecule has 2 atom stereocenters. The molecule has 1 fully saturated rings. The van der Waals surface area contributed by atoms with Crippen molar-refractivity contribution in [3.8, 4) is 0 Å². The second-order valence-corrected chi connectivity index (χ2v) is 4.81. The van der Waals surface area contributed by atoms with E-state index < -0.39 is 11.7 Å². The average molecular weight is 235 g/mol. The Labute approximate surface area is 97.8 Å². The van der Waals surface area contributed by atoms with Crippen LogP contribution in [0, 0.1) is 0 Å². The Bertz CT molecular complexity index is 215. The van der Waals surface area contributed by atoms with E-state index in [0.29, 0.717) is 6.42 Å². The Kier molecular flexibility index (Phi) is 5.45. The molecule has 0 heterocycles. The zero-order valence-corrected chi connectivity index (χ0v) is 10.5. The molecular weight excluding hydrogens is 214 g/mol. The van der Waals surface area contributed by atoms with Gasteiger partial charge in [-0.05, 0) is 40.0 Å². The SMILES string of the molecule is CC(C)(C)OC(=O)N[C@@H]1CC[C@H](O)C1.S. The van der Waals surface area contributed by atoms with Crippen LogP contribution in [0.4, 0.5) is 4.79 Å². The van der Waals surface area contributed by atoms with E-state index in [9.17, 15) is 9.90 Å². The minimum Gasteiger partial charge on any atom is -0.444 e. The first-order valence-corrected chi connectivity index (χ1v) is 5.04. The molecule has 0 bridgehead atoms. The third-order valence-corrected chi connectivity index (χ3v) is 2.13. The van der Waals surface area contributed by atoms with Gasteiger partial charge in [0.25, 0.3) is 0 Å². The second-order valence-electron chi connectivity index (χ2n) is 4.81. The fourth-order valence-corrected chi connectivity index (χ4v) is 1.56. The summed E-state index contributed by atoms with van der Waals surface area (Å²) in [7, 11) is 0. The average Bonchev–Trinajstić information content (AvgIpc) is 2.30. The molecular formula is C10H21NO3S. The Morgan fingerprint density at radius 2 is 2.00 bits per heavy atom. The molecule has 0 saturated heterocycles.